The molecule has 29 heavy (non-hydrogen) atoms. The van der Waals surface area contributed by atoms with Gasteiger partial charge in [-0.05, 0) is 31.2 Å². The average Bonchev–Trinajstić information content (AvgIpc) is 3.18. The largest absolute Gasteiger partial charge is 0.360 e. The van der Waals surface area contributed by atoms with Crippen molar-refractivity contribution in [1.29, 1.82) is 0 Å². The first-order valence-corrected chi connectivity index (χ1v) is 10.2. The lowest BCUT2D eigenvalue weighted by atomic mass is 10.1. The molecule has 0 radical (unpaired) electrons. The standard InChI is InChI=1S/C22H20BrN3O3/c1-14-13-25(21(28)15-6-3-2-4-7-15)10-11-26(14)22(29)20(27)16-12-24-18-9-5-8-17(23)19(16)18/h2-9,12,14,24H,10-11,13H2,1H3/t14-/m1/s1. The molecule has 2 aromatic carbocycles. The fraction of sp³-hybridized carbons (Fsp3) is 0.227. The summed E-state index contributed by atoms with van der Waals surface area (Å²) in [7, 11) is 0. The van der Waals surface area contributed by atoms with Crippen LogP contribution in [0.2, 0.25) is 0 Å². The number of nitrogens with zero attached hydrogens (tertiary/aromatic N) is 2. The van der Waals surface area contributed by atoms with Crippen LogP contribution in [-0.4, -0.2) is 58.1 Å². The minimum absolute atomic E-state index is 0.0589. The summed E-state index contributed by atoms with van der Waals surface area (Å²) in [5, 5.41) is 0.705. The van der Waals surface area contributed by atoms with E-state index < -0.39 is 11.7 Å². The van der Waals surface area contributed by atoms with Gasteiger partial charge in [-0.25, -0.2) is 0 Å². The minimum Gasteiger partial charge on any atom is -0.360 e. The van der Waals surface area contributed by atoms with E-state index in [1.54, 1.807) is 28.1 Å². The summed E-state index contributed by atoms with van der Waals surface area (Å²) in [4.78, 5) is 44.9. The Kier molecular flexibility index (Phi) is 5.24. The number of rotatable bonds is 3. The summed E-state index contributed by atoms with van der Waals surface area (Å²) < 4.78 is 0.763. The van der Waals surface area contributed by atoms with Crippen molar-refractivity contribution >= 4 is 44.4 Å². The van der Waals surface area contributed by atoms with Crippen molar-refractivity contribution in [2.24, 2.45) is 0 Å². The molecule has 1 aliphatic rings. The number of nitrogens with one attached hydrogen (secondary N) is 1. The minimum atomic E-state index is -0.544. The molecule has 1 aliphatic heterocycles. The van der Waals surface area contributed by atoms with Gasteiger partial charge in [-0.1, -0.05) is 40.2 Å². The van der Waals surface area contributed by atoms with E-state index in [1.165, 1.54) is 0 Å². The van der Waals surface area contributed by atoms with Crippen molar-refractivity contribution in [3.8, 4) is 0 Å². The third-order valence-electron chi connectivity index (χ3n) is 5.29. The van der Waals surface area contributed by atoms with Crippen LogP contribution in [0.5, 0.6) is 0 Å². The number of aromatic nitrogens is 1. The third kappa shape index (κ3) is 3.58. The van der Waals surface area contributed by atoms with E-state index in [2.05, 4.69) is 20.9 Å². The second kappa shape index (κ2) is 7.83. The lowest BCUT2D eigenvalue weighted by Gasteiger charge is -2.39. The van der Waals surface area contributed by atoms with E-state index in [1.807, 2.05) is 43.3 Å². The number of carbonyl (C=O) groups is 3. The normalized spacial score (nSPS) is 16.8. The van der Waals surface area contributed by atoms with Gasteiger partial charge in [0.25, 0.3) is 17.6 Å². The molecule has 4 rings (SSSR count). The quantitative estimate of drug-likeness (QED) is 0.487. The molecule has 148 valence electrons. The number of amides is 2. The molecule has 1 aromatic heterocycles. The maximum absolute atomic E-state index is 13.0. The van der Waals surface area contributed by atoms with E-state index in [4.69, 9.17) is 0 Å². The Bertz CT molecular complexity index is 1090. The number of carbonyl (C=O) groups excluding carboxylic acids is 3. The van der Waals surface area contributed by atoms with Crippen LogP contribution in [0.15, 0.2) is 59.2 Å². The summed E-state index contributed by atoms with van der Waals surface area (Å²) in [6.45, 7) is 2.98. The van der Waals surface area contributed by atoms with Crippen LogP contribution >= 0.6 is 15.9 Å². The number of Topliss-reactive ketones (excluding diaryl/α,β-unsaturated/α-hetero) is 1. The number of piperazine rings is 1. The lowest BCUT2D eigenvalue weighted by molar-refractivity contribution is -0.130. The first-order valence-electron chi connectivity index (χ1n) is 9.42. The molecule has 2 amide bonds. The van der Waals surface area contributed by atoms with Crippen LogP contribution in [0.3, 0.4) is 0 Å². The maximum atomic E-state index is 13.0. The molecule has 7 heteroatoms. The van der Waals surface area contributed by atoms with Gasteiger partial charge in [-0.2, -0.15) is 0 Å². The van der Waals surface area contributed by atoms with Crippen LogP contribution in [0.4, 0.5) is 0 Å². The fourth-order valence-electron chi connectivity index (χ4n) is 3.77. The Morgan fingerprint density at radius 2 is 1.79 bits per heavy atom. The molecule has 1 fully saturated rings. The summed E-state index contributed by atoms with van der Waals surface area (Å²) >= 11 is 3.46. The van der Waals surface area contributed by atoms with Crippen LogP contribution in [0.1, 0.15) is 27.6 Å². The zero-order valence-corrected chi connectivity index (χ0v) is 17.5. The number of H-pyrrole nitrogens is 1. The first-order chi connectivity index (χ1) is 14.0. The number of hydrogen-bond acceptors (Lipinski definition) is 3. The molecular formula is C22H20BrN3O3. The molecule has 1 N–H and O–H groups in total. The molecule has 0 bridgehead atoms. The summed E-state index contributed by atoms with van der Waals surface area (Å²) in [6.07, 6.45) is 1.58. The molecule has 0 unspecified atom stereocenters. The van der Waals surface area contributed by atoms with Gasteiger partial charge < -0.3 is 14.8 Å². The van der Waals surface area contributed by atoms with E-state index in [0.29, 0.717) is 36.1 Å². The molecule has 1 saturated heterocycles. The molecule has 0 aliphatic carbocycles. The van der Waals surface area contributed by atoms with Gasteiger partial charge in [0.1, 0.15) is 0 Å². The number of benzene rings is 2. The molecular weight excluding hydrogens is 434 g/mol. The van der Waals surface area contributed by atoms with Gasteiger partial charge >= 0.3 is 0 Å². The Labute approximate surface area is 176 Å². The average molecular weight is 454 g/mol. The second-order valence-electron chi connectivity index (χ2n) is 7.16. The SMILES string of the molecule is C[C@@H]1CN(C(=O)c2ccccc2)CCN1C(=O)C(=O)c1c[nH]c2cccc(Br)c12. The summed E-state index contributed by atoms with van der Waals surface area (Å²) in [5.74, 6) is -1.14. The van der Waals surface area contributed by atoms with Gasteiger partial charge in [0, 0.05) is 52.8 Å². The van der Waals surface area contributed by atoms with E-state index in [-0.39, 0.29) is 11.9 Å². The number of ketones is 1. The predicted octanol–water partition coefficient (Wildman–Crippen LogP) is 3.49. The highest BCUT2D eigenvalue weighted by Gasteiger charge is 2.34. The van der Waals surface area contributed by atoms with Crippen molar-refractivity contribution < 1.29 is 14.4 Å². The van der Waals surface area contributed by atoms with Gasteiger partial charge in [0.2, 0.25) is 0 Å². The highest BCUT2D eigenvalue weighted by atomic mass is 79.9. The topological polar surface area (TPSA) is 73.5 Å². The Morgan fingerprint density at radius 3 is 2.52 bits per heavy atom. The van der Waals surface area contributed by atoms with E-state index in [0.717, 1.165) is 9.99 Å². The fourth-order valence-corrected chi connectivity index (χ4v) is 4.35. The number of halogens is 1. The molecule has 0 spiro atoms. The first kappa shape index (κ1) is 19.4. The van der Waals surface area contributed by atoms with Crippen LogP contribution < -0.4 is 0 Å². The van der Waals surface area contributed by atoms with Gasteiger partial charge in [0.05, 0.1) is 5.56 Å². The van der Waals surface area contributed by atoms with E-state index in [9.17, 15) is 14.4 Å². The zero-order valence-electron chi connectivity index (χ0n) is 15.9. The van der Waals surface area contributed by atoms with Crippen LogP contribution in [-0.2, 0) is 4.79 Å². The monoisotopic (exact) mass is 453 g/mol. The Morgan fingerprint density at radius 1 is 1.03 bits per heavy atom. The number of hydrogen-bond donors (Lipinski definition) is 1. The predicted molar refractivity (Wildman–Crippen MR) is 114 cm³/mol. The van der Waals surface area contributed by atoms with Crippen molar-refractivity contribution in [2.75, 3.05) is 19.6 Å². The van der Waals surface area contributed by atoms with Crippen molar-refractivity contribution in [2.45, 2.75) is 13.0 Å². The van der Waals surface area contributed by atoms with Crippen LogP contribution in [0.25, 0.3) is 10.9 Å². The third-order valence-corrected chi connectivity index (χ3v) is 5.95. The highest BCUT2D eigenvalue weighted by molar-refractivity contribution is 9.10. The molecule has 1 atom stereocenters. The Hall–Kier alpha value is -2.93. The van der Waals surface area contributed by atoms with E-state index >= 15 is 0 Å². The highest BCUT2D eigenvalue weighted by Crippen LogP contribution is 2.28. The zero-order chi connectivity index (χ0) is 20.5. The molecule has 2 heterocycles. The van der Waals surface area contributed by atoms with Crippen molar-refractivity contribution in [3.63, 3.8) is 0 Å². The van der Waals surface area contributed by atoms with Gasteiger partial charge in [0.15, 0.2) is 0 Å². The Balaban J connectivity index is 1.50. The second-order valence-corrected chi connectivity index (χ2v) is 8.01. The maximum Gasteiger partial charge on any atom is 0.295 e. The van der Waals surface area contributed by atoms with Crippen LogP contribution in [0, 0.1) is 0 Å². The summed E-state index contributed by atoms with van der Waals surface area (Å²) in [5.41, 5.74) is 1.77. The number of fused-ring (bicyclic) bond motifs is 1. The smallest absolute Gasteiger partial charge is 0.295 e. The van der Waals surface area contributed by atoms with Crippen molar-refractivity contribution in [3.05, 3.63) is 70.3 Å². The molecule has 6 nitrogen and oxygen atoms in total. The lowest BCUT2D eigenvalue weighted by Crippen LogP contribution is -2.56. The van der Waals surface area contributed by atoms with Gasteiger partial charge in [-0.15, -0.1) is 0 Å². The van der Waals surface area contributed by atoms with Crippen molar-refractivity contribution in [1.82, 2.24) is 14.8 Å². The van der Waals surface area contributed by atoms with Gasteiger partial charge in [-0.3, -0.25) is 14.4 Å². The molecule has 3 aromatic rings. The molecule has 0 saturated carbocycles. The number of aromatic amines is 1. The summed E-state index contributed by atoms with van der Waals surface area (Å²) in [6, 6.07) is 14.4.